The van der Waals surface area contributed by atoms with Crippen LogP contribution in [0.1, 0.15) is 36.9 Å². The molecule has 1 aliphatic carbocycles. The van der Waals surface area contributed by atoms with Crippen LogP contribution in [0.4, 0.5) is 0 Å². The molecular formula is C19H21NO3S. The molecule has 0 heterocycles. The normalized spacial score (nSPS) is 17.1. The molecule has 0 unspecified atom stereocenters. The second-order valence-corrected chi connectivity index (χ2v) is 8.50. The first-order chi connectivity index (χ1) is 11.3. The van der Waals surface area contributed by atoms with E-state index in [9.17, 15) is 13.2 Å². The van der Waals surface area contributed by atoms with Crippen molar-refractivity contribution in [1.29, 1.82) is 0 Å². The van der Waals surface area contributed by atoms with Gasteiger partial charge in [-0.25, -0.2) is 8.42 Å². The monoisotopic (exact) mass is 343 g/mol. The molecule has 0 radical (unpaired) electrons. The van der Waals surface area contributed by atoms with E-state index in [2.05, 4.69) is 5.32 Å². The smallest absolute Gasteiger partial charge is 0.231 e. The molecule has 1 atom stereocenters. The van der Waals surface area contributed by atoms with E-state index in [0.717, 1.165) is 24.0 Å². The van der Waals surface area contributed by atoms with Crippen molar-refractivity contribution in [2.24, 2.45) is 0 Å². The lowest BCUT2D eigenvalue weighted by molar-refractivity contribution is -0.124. The maximum absolute atomic E-state index is 12.7. The molecule has 4 nitrogen and oxygen atoms in total. The highest BCUT2D eigenvalue weighted by molar-refractivity contribution is 7.90. The van der Waals surface area contributed by atoms with Crippen molar-refractivity contribution >= 4 is 15.7 Å². The Morgan fingerprint density at radius 2 is 1.62 bits per heavy atom. The zero-order valence-corrected chi connectivity index (χ0v) is 14.6. The van der Waals surface area contributed by atoms with Crippen molar-refractivity contribution in [2.75, 3.05) is 6.26 Å². The fourth-order valence-corrected chi connectivity index (χ4v) is 3.58. The molecular weight excluding hydrogens is 322 g/mol. The maximum Gasteiger partial charge on any atom is 0.231 e. The first-order valence-corrected chi connectivity index (χ1v) is 9.89. The largest absolute Gasteiger partial charge is 0.349 e. The molecule has 0 aliphatic heterocycles. The maximum atomic E-state index is 12.7. The summed E-state index contributed by atoms with van der Waals surface area (Å²) in [4.78, 5) is 13.0. The lowest BCUT2D eigenvalue weighted by Crippen LogP contribution is -2.36. The quantitative estimate of drug-likeness (QED) is 0.908. The average molecular weight is 343 g/mol. The van der Waals surface area contributed by atoms with E-state index in [1.165, 1.54) is 6.26 Å². The van der Waals surface area contributed by atoms with Crippen LogP contribution in [0.3, 0.4) is 0 Å². The standard InChI is InChI=1S/C19H21NO3S/c1-14(15-8-10-17(11-9-15)24(2,22)23)20-18(21)19(12-13-19)16-6-4-3-5-7-16/h3-11,14H,12-13H2,1-2H3,(H,20,21)/t14-/m1/s1. The van der Waals surface area contributed by atoms with E-state index in [-0.39, 0.29) is 16.8 Å². The van der Waals surface area contributed by atoms with Gasteiger partial charge in [0.2, 0.25) is 5.91 Å². The van der Waals surface area contributed by atoms with Gasteiger partial charge in [-0.3, -0.25) is 4.79 Å². The minimum Gasteiger partial charge on any atom is -0.349 e. The van der Waals surface area contributed by atoms with Crippen LogP contribution in [0.25, 0.3) is 0 Å². The van der Waals surface area contributed by atoms with E-state index in [1.54, 1.807) is 24.3 Å². The van der Waals surface area contributed by atoms with Crippen LogP contribution in [0.15, 0.2) is 59.5 Å². The molecule has 24 heavy (non-hydrogen) atoms. The summed E-state index contributed by atoms with van der Waals surface area (Å²) in [6.07, 6.45) is 2.91. The third-order valence-corrected chi connectivity index (χ3v) is 5.80. The van der Waals surface area contributed by atoms with Crippen LogP contribution in [0.5, 0.6) is 0 Å². The molecule has 2 aromatic rings. The summed E-state index contributed by atoms with van der Waals surface area (Å²) in [5, 5.41) is 3.07. The van der Waals surface area contributed by atoms with E-state index in [4.69, 9.17) is 0 Å². The SMILES string of the molecule is C[C@@H](NC(=O)C1(c2ccccc2)CC1)c1ccc(S(C)(=O)=O)cc1. The Labute approximate surface area is 142 Å². The lowest BCUT2D eigenvalue weighted by Gasteiger charge is -2.20. The van der Waals surface area contributed by atoms with E-state index in [0.29, 0.717) is 0 Å². The molecule has 1 fully saturated rings. The molecule has 5 heteroatoms. The third-order valence-electron chi connectivity index (χ3n) is 4.67. The predicted octanol–water partition coefficient (Wildman–Crippen LogP) is 3.00. The van der Waals surface area contributed by atoms with Gasteiger partial charge in [0.25, 0.3) is 0 Å². The number of carbonyl (C=O) groups is 1. The van der Waals surface area contributed by atoms with Crippen LogP contribution in [-0.2, 0) is 20.0 Å². The van der Waals surface area contributed by atoms with Crippen LogP contribution < -0.4 is 5.32 Å². The van der Waals surface area contributed by atoms with Gasteiger partial charge in [0.15, 0.2) is 9.84 Å². The van der Waals surface area contributed by atoms with E-state index >= 15 is 0 Å². The van der Waals surface area contributed by atoms with Crippen molar-refractivity contribution in [3.8, 4) is 0 Å². The molecule has 0 aromatic heterocycles. The molecule has 1 saturated carbocycles. The van der Waals surface area contributed by atoms with Gasteiger partial charge in [0, 0.05) is 6.26 Å². The molecule has 1 amide bonds. The first kappa shape index (κ1) is 16.7. The van der Waals surface area contributed by atoms with Crippen molar-refractivity contribution in [3.63, 3.8) is 0 Å². The number of hydrogen-bond acceptors (Lipinski definition) is 3. The van der Waals surface area contributed by atoms with Gasteiger partial charge in [-0.1, -0.05) is 42.5 Å². The Balaban J connectivity index is 1.73. The number of rotatable bonds is 5. The minimum atomic E-state index is -3.20. The zero-order chi connectivity index (χ0) is 17.4. The van der Waals surface area contributed by atoms with Gasteiger partial charge in [0.1, 0.15) is 0 Å². The second kappa shape index (κ2) is 6.06. The highest BCUT2D eigenvalue weighted by atomic mass is 32.2. The van der Waals surface area contributed by atoms with Crippen molar-refractivity contribution in [1.82, 2.24) is 5.32 Å². The lowest BCUT2D eigenvalue weighted by atomic mass is 9.94. The van der Waals surface area contributed by atoms with Crippen LogP contribution in [0.2, 0.25) is 0 Å². The van der Waals surface area contributed by atoms with Crippen molar-refractivity contribution in [3.05, 3.63) is 65.7 Å². The molecule has 2 aromatic carbocycles. The van der Waals surface area contributed by atoms with Crippen molar-refractivity contribution < 1.29 is 13.2 Å². The topological polar surface area (TPSA) is 63.2 Å². The fourth-order valence-electron chi connectivity index (χ4n) is 2.95. The Bertz CT molecular complexity index is 838. The van der Waals surface area contributed by atoms with Crippen LogP contribution >= 0.6 is 0 Å². The van der Waals surface area contributed by atoms with Crippen LogP contribution in [0, 0.1) is 0 Å². The molecule has 0 saturated heterocycles. The summed E-state index contributed by atoms with van der Waals surface area (Å²) in [5.41, 5.74) is 1.55. The Kier molecular flexibility index (Phi) is 4.22. The molecule has 0 bridgehead atoms. The number of nitrogens with one attached hydrogen (secondary N) is 1. The zero-order valence-electron chi connectivity index (χ0n) is 13.8. The van der Waals surface area contributed by atoms with Gasteiger partial charge in [0.05, 0.1) is 16.4 Å². The number of sulfone groups is 1. The molecule has 1 aliphatic rings. The Morgan fingerprint density at radius 3 is 2.12 bits per heavy atom. The number of benzene rings is 2. The van der Waals surface area contributed by atoms with Gasteiger partial charge in [-0.2, -0.15) is 0 Å². The van der Waals surface area contributed by atoms with Gasteiger partial charge in [-0.15, -0.1) is 0 Å². The van der Waals surface area contributed by atoms with Gasteiger partial charge >= 0.3 is 0 Å². The summed E-state index contributed by atoms with van der Waals surface area (Å²) in [6.45, 7) is 1.91. The first-order valence-electron chi connectivity index (χ1n) is 7.99. The van der Waals surface area contributed by atoms with E-state index in [1.807, 2.05) is 37.3 Å². The molecule has 3 rings (SSSR count). The Morgan fingerprint density at radius 1 is 1.04 bits per heavy atom. The number of amides is 1. The number of carbonyl (C=O) groups excluding carboxylic acids is 1. The predicted molar refractivity (Wildman–Crippen MR) is 93.5 cm³/mol. The van der Waals surface area contributed by atoms with Gasteiger partial charge < -0.3 is 5.32 Å². The average Bonchev–Trinajstić information content (AvgIpc) is 3.37. The fraction of sp³-hybridized carbons (Fsp3) is 0.316. The second-order valence-electron chi connectivity index (χ2n) is 6.48. The Hall–Kier alpha value is -2.14. The third kappa shape index (κ3) is 3.22. The highest BCUT2D eigenvalue weighted by Crippen LogP contribution is 2.48. The van der Waals surface area contributed by atoms with E-state index < -0.39 is 15.3 Å². The molecule has 126 valence electrons. The summed E-state index contributed by atoms with van der Waals surface area (Å²) >= 11 is 0. The van der Waals surface area contributed by atoms with Gasteiger partial charge in [-0.05, 0) is 43.0 Å². The minimum absolute atomic E-state index is 0.0355. The number of hydrogen-bond donors (Lipinski definition) is 1. The summed E-state index contributed by atoms with van der Waals surface area (Å²) in [5.74, 6) is 0.0355. The summed E-state index contributed by atoms with van der Waals surface area (Å²) in [7, 11) is -3.20. The van der Waals surface area contributed by atoms with Crippen molar-refractivity contribution in [2.45, 2.75) is 36.1 Å². The molecule has 1 N–H and O–H groups in total. The summed E-state index contributed by atoms with van der Waals surface area (Å²) in [6, 6.07) is 16.3. The highest BCUT2D eigenvalue weighted by Gasteiger charge is 2.51. The molecule has 0 spiro atoms. The van der Waals surface area contributed by atoms with Crippen LogP contribution in [-0.4, -0.2) is 20.6 Å². The summed E-state index contributed by atoms with van der Waals surface area (Å²) < 4.78 is 23.0.